The molecule has 0 atom stereocenters. The number of amides is 1. The van der Waals surface area contributed by atoms with Crippen molar-refractivity contribution in [3.8, 4) is 0 Å². The Bertz CT molecular complexity index is 592. The number of aryl methyl sites for hydroxylation is 1. The van der Waals surface area contributed by atoms with Crippen molar-refractivity contribution in [3.63, 3.8) is 0 Å². The van der Waals surface area contributed by atoms with E-state index in [0.29, 0.717) is 23.5 Å². The summed E-state index contributed by atoms with van der Waals surface area (Å²) in [5.74, 6) is -0.173. The molecule has 0 aliphatic rings. The molecule has 0 saturated carbocycles. The summed E-state index contributed by atoms with van der Waals surface area (Å²) in [6.07, 6.45) is 0.971. The van der Waals surface area contributed by atoms with Crippen LogP contribution in [0.5, 0.6) is 0 Å². The number of thiophene rings is 1. The van der Waals surface area contributed by atoms with Crippen LogP contribution in [0.25, 0.3) is 0 Å². The van der Waals surface area contributed by atoms with Gasteiger partial charge >= 0.3 is 0 Å². The third-order valence-electron chi connectivity index (χ3n) is 2.95. The number of rotatable bonds is 4. The maximum absolute atomic E-state index is 12.0. The second-order valence-electron chi connectivity index (χ2n) is 4.25. The van der Waals surface area contributed by atoms with E-state index in [9.17, 15) is 4.79 Å². The summed E-state index contributed by atoms with van der Waals surface area (Å²) in [6.45, 7) is 2.63. The fourth-order valence-corrected chi connectivity index (χ4v) is 2.80. The Morgan fingerprint density at radius 2 is 2.11 bits per heavy atom. The molecule has 0 aliphatic carbocycles. The van der Waals surface area contributed by atoms with Crippen LogP contribution < -0.4 is 16.8 Å². The Kier molecular flexibility index (Phi) is 4.06. The molecule has 0 unspecified atom stereocenters. The van der Waals surface area contributed by atoms with E-state index in [-0.39, 0.29) is 5.91 Å². The number of nitrogens with one attached hydrogen (secondary N) is 1. The SMILES string of the molecule is CCc1ccsc1CNC(=O)c1ccc(N)cc1N. The highest BCUT2D eigenvalue weighted by Gasteiger charge is 2.10. The van der Waals surface area contributed by atoms with Gasteiger partial charge in [0.25, 0.3) is 5.91 Å². The van der Waals surface area contributed by atoms with Gasteiger partial charge in [-0.15, -0.1) is 11.3 Å². The Morgan fingerprint density at radius 1 is 1.32 bits per heavy atom. The lowest BCUT2D eigenvalue weighted by Crippen LogP contribution is -2.23. The minimum atomic E-state index is -0.173. The minimum absolute atomic E-state index is 0.173. The van der Waals surface area contributed by atoms with E-state index in [4.69, 9.17) is 11.5 Å². The topological polar surface area (TPSA) is 81.1 Å². The largest absolute Gasteiger partial charge is 0.399 e. The second-order valence-corrected chi connectivity index (χ2v) is 5.25. The van der Waals surface area contributed by atoms with Crippen molar-refractivity contribution in [1.29, 1.82) is 0 Å². The standard InChI is InChI=1S/C14H17N3OS/c1-2-9-5-6-19-13(9)8-17-14(18)11-4-3-10(15)7-12(11)16/h3-7H,2,8,15-16H2,1H3,(H,17,18). The molecule has 1 heterocycles. The predicted molar refractivity (Wildman–Crippen MR) is 80.1 cm³/mol. The van der Waals surface area contributed by atoms with Crippen molar-refractivity contribution in [2.45, 2.75) is 19.9 Å². The summed E-state index contributed by atoms with van der Waals surface area (Å²) in [5.41, 5.74) is 14.1. The molecule has 2 aromatic rings. The molecule has 0 bridgehead atoms. The number of hydrogen-bond acceptors (Lipinski definition) is 4. The Hall–Kier alpha value is -2.01. The van der Waals surface area contributed by atoms with E-state index in [2.05, 4.69) is 18.3 Å². The average molecular weight is 275 g/mol. The normalized spacial score (nSPS) is 10.4. The van der Waals surface area contributed by atoms with Crippen LogP contribution in [0, 0.1) is 0 Å². The first kappa shape index (κ1) is 13.4. The zero-order valence-electron chi connectivity index (χ0n) is 10.8. The highest BCUT2D eigenvalue weighted by atomic mass is 32.1. The molecular weight excluding hydrogens is 258 g/mol. The lowest BCUT2D eigenvalue weighted by atomic mass is 10.1. The summed E-state index contributed by atoms with van der Waals surface area (Å²) < 4.78 is 0. The number of carbonyl (C=O) groups is 1. The number of benzene rings is 1. The van der Waals surface area contributed by atoms with Crippen molar-refractivity contribution >= 4 is 28.6 Å². The summed E-state index contributed by atoms with van der Waals surface area (Å²) in [5, 5.41) is 4.93. The molecule has 0 spiro atoms. The third kappa shape index (κ3) is 3.06. The van der Waals surface area contributed by atoms with Gasteiger partial charge in [0.1, 0.15) is 0 Å². The van der Waals surface area contributed by atoms with Gasteiger partial charge in [-0.25, -0.2) is 0 Å². The monoisotopic (exact) mass is 275 g/mol. The quantitative estimate of drug-likeness (QED) is 0.749. The zero-order chi connectivity index (χ0) is 13.8. The zero-order valence-corrected chi connectivity index (χ0v) is 11.6. The van der Waals surface area contributed by atoms with Gasteiger partial charge in [-0.05, 0) is 41.6 Å². The van der Waals surface area contributed by atoms with Gasteiger partial charge in [0.05, 0.1) is 12.1 Å². The minimum Gasteiger partial charge on any atom is -0.399 e. The van der Waals surface area contributed by atoms with Crippen LogP contribution in [0.2, 0.25) is 0 Å². The van der Waals surface area contributed by atoms with Crippen LogP contribution >= 0.6 is 11.3 Å². The number of hydrogen-bond donors (Lipinski definition) is 3. The van der Waals surface area contributed by atoms with E-state index in [1.54, 1.807) is 29.5 Å². The van der Waals surface area contributed by atoms with E-state index in [1.807, 2.05) is 5.38 Å². The molecule has 19 heavy (non-hydrogen) atoms. The van der Waals surface area contributed by atoms with Crippen molar-refractivity contribution in [2.75, 3.05) is 11.5 Å². The molecule has 5 N–H and O–H groups in total. The molecular formula is C14H17N3OS. The Balaban J connectivity index is 2.05. The van der Waals surface area contributed by atoms with Crippen LogP contribution in [0.15, 0.2) is 29.6 Å². The third-order valence-corrected chi connectivity index (χ3v) is 3.91. The first-order valence-electron chi connectivity index (χ1n) is 6.10. The molecule has 100 valence electrons. The average Bonchev–Trinajstić information content (AvgIpc) is 2.83. The molecule has 2 rings (SSSR count). The summed E-state index contributed by atoms with van der Waals surface area (Å²) in [6, 6.07) is 7.00. The molecule has 5 heteroatoms. The molecule has 1 aromatic heterocycles. The van der Waals surface area contributed by atoms with Crippen LogP contribution in [0.1, 0.15) is 27.7 Å². The van der Waals surface area contributed by atoms with Gasteiger partial charge in [0.2, 0.25) is 0 Å². The highest BCUT2D eigenvalue weighted by Crippen LogP contribution is 2.18. The first-order chi connectivity index (χ1) is 9.11. The molecule has 4 nitrogen and oxygen atoms in total. The molecule has 1 aromatic carbocycles. The maximum Gasteiger partial charge on any atom is 0.253 e. The van der Waals surface area contributed by atoms with Gasteiger partial charge < -0.3 is 16.8 Å². The summed E-state index contributed by atoms with van der Waals surface area (Å²) in [4.78, 5) is 13.2. The van der Waals surface area contributed by atoms with Crippen molar-refractivity contribution in [3.05, 3.63) is 45.6 Å². The van der Waals surface area contributed by atoms with Gasteiger partial charge in [0, 0.05) is 16.3 Å². The van der Waals surface area contributed by atoms with E-state index in [1.165, 1.54) is 10.4 Å². The van der Waals surface area contributed by atoms with E-state index in [0.717, 1.165) is 6.42 Å². The van der Waals surface area contributed by atoms with Crippen LogP contribution in [-0.4, -0.2) is 5.91 Å². The lowest BCUT2D eigenvalue weighted by Gasteiger charge is -2.08. The Morgan fingerprint density at radius 3 is 2.79 bits per heavy atom. The Labute approximate surface area is 116 Å². The number of nitrogen functional groups attached to an aromatic ring is 2. The van der Waals surface area contributed by atoms with Gasteiger partial charge in [0.15, 0.2) is 0 Å². The van der Waals surface area contributed by atoms with Gasteiger partial charge in [-0.1, -0.05) is 6.92 Å². The molecule has 0 radical (unpaired) electrons. The van der Waals surface area contributed by atoms with Crippen LogP contribution in [-0.2, 0) is 13.0 Å². The van der Waals surface area contributed by atoms with Crippen LogP contribution in [0.4, 0.5) is 11.4 Å². The fraction of sp³-hybridized carbons (Fsp3) is 0.214. The smallest absolute Gasteiger partial charge is 0.253 e. The summed E-state index contributed by atoms with van der Waals surface area (Å²) in [7, 11) is 0. The van der Waals surface area contributed by atoms with E-state index >= 15 is 0 Å². The highest BCUT2D eigenvalue weighted by molar-refractivity contribution is 7.10. The predicted octanol–water partition coefficient (Wildman–Crippen LogP) is 2.40. The summed E-state index contributed by atoms with van der Waals surface area (Å²) >= 11 is 1.65. The second kappa shape index (κ2) is 5.75. The van der Waals surface area contributed by atoms with Crippen molar-refractivity contribution in [2.24, 2.45) is 0 Å². The van der Waals surface area contributed by atoms with E-state index < -0.39 is 0 Å². The number of carbonyl (C=O) groups excluding carboxylic acids is 1. The number of anilines is 2. The molecule has 1 amide bonds. The first-order valence-corrected chi connectivity index (χ1v) is 6.98. The fourth-order valence-electron chi connectivity index (χ4n) is 1.88. The van der Waals surface area contributed by atoms with Crippen molar-refractivity contribution in [1.82, 2.24) is 5.32 Å². The lowest BCUT2D eigenvalue weighted by molar-refractivity contribution is 0.0952. The maximum atomic E-state index is 12.0. The molecule has 0 saturated heterocycles. The van der Waals surface area contributed by atoms with Gasteiger partial charge in [-0.2, -0.15) is 0 Å². The van der Waals surface area contributed by atoms with Gasteiger partial charge in [-0.3, -0.25) is 4.79 Å². The molecule has 0 aliphatic heterocycles. The van der Waals surface area contributed by atoms with Crippen LogP contribution in [0.3, 0.4) is 0 Å². The van der Waals surface area contributed by atoms with Crippen molar-refractivity contribution < 1.29 is 4.79 Å². The number of nitrogens with two attached hydrogens (primary N) is 2. The molecule has 0 fully saturated rings.